The first-order valence-electron chi connectivity index (χ1n) is 21.5. The third-order valence-electron chi connectivity index (χ3n) is 11.5. The van der Waals surface area contributed by atoms with Crippen LogP contribution < -0.4 is 53.2 Å². The molecule has 3 saturated heterocycles. The number of ether oxygens (including phenoxy) is 1. The van der Waals surface area contributed by atoms with Crippen molar-refractivity contribution in [2.24, 2.45) is 11.8 Å². The van der Waals surface area contributed by atoms with Crippen molar-refractivity contribution in [1.82, 2.24) is 63.0 Å². The van der Waals surface area contributed by atoms with Crippen molar-refractivity contribution in [2.75, 3.05) is 85.2 Å². The summed E-state index contributed by atoms with van der Waals surface area (Å²) in [6, 6.07) is -2.40. The second kappa shape index (κ2) is 24.4. The summed E-state index contributed by atoms with van der Waals surface area (Å²) in [6.07, 6.45) is 2.21. The van der Waals surface area contributed by atoms with E-state index >= 15 is 0 Å². The van der Waals surface area contributed by atoms with Gasteiger partial charge in [-0.1, -0.05) is 26.7 Å². The lowest BCUT2D eigenvalue weighted by Gasteiger charge is -2.39. The molecule has 4 aliphatic rings. The lowest BCUT2D eigenvalue weighted by molar-refractivity contribution is -0.143. The molecular formula is C39H60N12O13. The second-order valence-corrected chi connectivity index (χ2v) is 16.0. The number of carbonyl (C=O) groups excluding carboxylic acids is 12. The fourth-order valence-electron chi connectivity index (χ4n) is 7.97. The molecule has 1 spiro atoms. The van der Waals surface area contributed by atoms with Crippen molar-refractivity contribution in [3.8, 4) is 0 Å². The van der Waals surface area contributed by atoms with Crippen molar-refractivity contribution >= 4 is 70.9 Å². The maximum absolute atomic E-state index is 14.3. The van der Waals surface area contributed by atoms with E-state index in [0.717, 1.165) is 0 Å². The Morgan fingerprint density at radius 2 is 1.11 bits per heavy atom. The number of rotatable bonds is 3. The number of hydrogen-bond donors (Lipinski definition) is 10. The van der Waals surface area contributed by atoms with E-state index in [2.05, 4.69) is 53.2 Å². The molecule has 4 fully saturated rings. The molecule has 0 bridgehead atoms. The van der Waals surface area contributed by atoms with Crippen LogP contribution >= 0.6 is 0 Å². The first-order valence-corrected chi connectivity index (χ1v) is 21.5. The Bertz CT molecular complexity index is 1810. The highest BCUT2D eigenvalue weighted by Crippen LogP contribution is 2.42. The Kier molecular flexibility index (Phi) is 19.2. The summed E-state index contributed by atoms with van der Waals surface area (Å²) in [7, 11) is 0. The minimum atomic E-state index is -1.47. The van der Waals surface area contributed by atoms with Crippen LogP contribution in [0.1, 0.15) is 58.8 Å². The molecule has 12 amide bonds. The third kappa shape index (κ3) is 14.9. The van der Waals surface area contributed by atoms with Crippen LogP contribution in [0.5, 0.6) is 0 Å². The summed E-state index contributed by atoms with van der Waals surface area (Å²) in [4.78, 5) is 158. The van der Waals surface area contributed by atoms with Gasteiger partial charge in [0.05, 0.1) is 72.0 Å². The molecule has 3 heterocycles. The largest absolute Gasteiger partial charge is 0.378 e. The number of hydrogen-bond acceptors (Lipinski definition) is 13. The monoisotopic (exact) mass is 904 g/mol. The van der Waals surface area contributed by atoms with E-state index in [1.54, 1.807) is 0 Å². The Labute approximate surface area is 369 Å². The predicted molar refractivity (Wildman–Crippen MR) is 220 cm³/mol. The van der Waals surface area contributed by atoms with Crippen molar-refractivity contribution in [3.63, 3.8) is 0 Å². The van der Waals surface area contributed by atoms with E-state index in [9.17, 15) is 57.5 Å². The zero-order chi connectivity index (χ0) is 46.8. The minimum Gasteiger partial charge on any atom is -0.378 e. The quantitative estimate of drug-likeness (QED) is 0.126. The topological polar surface area (TPSA) is 341 Å². The molecule has 0 radical (unpaired) electrons. The van der Waals surface area contributed by atoms with E-state index in [4.69, 9.17) is 4.74 Å². The molecule has 64 heavy (non-hydrogen) atoms. The molecule has 0 aromatic heterocycles. The molecule has 354 valence electrons. The molecule has 25 nitrogen and oxygen atoms in total. The van der Waals surface area contributed by atoms with E-state index in [0.29, 0.717) is 25.7 Å². The van der Waals surface area contributed by atoms with E-state index in [-0.39, 0.29) is 57.5 Å². The fraction of sp³-hybridized carbons (Fsp3) is 0.692. The van der Waals surface area contributed by atoms with Gasteiger partial charge in [0.2, 0.25) is 70.9 Å². The molecule has 25 heteroatoms. The second-order valence-electron chi connectivity index (χ2n) is 16.0. The molecule has 10 N–H and O–H groups in total. The standard InChI is InChI=1S/C39H60N12O13/c1-3-23(2)24-6-4-8-39(24)38(63)47-21-34(59)48-25(37(62)50-10-12-64-13-11-50)14-27(52)40-15-28(53)41-16-29(54)42-17-30(55)43-18-31(56)44-19-32(57)45-20-33(58)46-22-35(60)51-9-5-7-26(51)36(61)49-39/h23-26H,3-22H2,1-2H3,(H,40,52)(H,41,53)(H,42,54)(H,43,55)(H,44,56)(H,45,57)(H,46,58)(H,47,63)(H,48,59)(H,49,61)/t23-,24?,25?,26?,39?/m0/s1. The van der Waals surface area contributed by atoms with Crippen LogP contribution in [0, 0.1) is 11.8 Å². The zero-order valence-electron chi connectivity index (χ0n) is 36.2. The highest BCUT2D eigenvalue weighted by atomic mass is 16.5. The number of nitrogens with one attached hydrogen (secondary N) is 10. The zero-order valence-corrected chi connectivity index (χ0v) is 36.2. The lowest BCUT2D eigenvalue weighted by Crippen LogP contribution is -2.65. The maximum atomic E-state index is 14.3. The summed E-state index contributed by atoms with van der Waals surface area (Å²) in [5, 5.41) is 24.1. The van der Waals surface area contributed by atoms with Gasteiger partial charge in [-0.2, -0.15) is 0 Å². The van der Waals surface area contributed by atoms with Gasteiger partial charge in [-0.3, -0.25) is 57.5 Å². The average Bonchev–Trinajstić information content (AvgIpc) is 3.96. The van der Waals surface area contributed by atoms with Gasteiger partial charge in [-0.15, -0.1) is 0 Å². The van der Waals surface area contributed by atoms with Crippen LogP contribution in [0.15, 0.2) is 0 Å². The number of morpholine rings is 1. The molecule has 4 rings (SSSR count). The molecule has 5 atom stereocenters. The van der Waals surface area contributed by atoms with Crippen LogP contribution in [-0.4, -0.2) is 184 Å². The van der Waals surface area contributed by atoms with Gasteiger partial charge >= 0.3 is 0 Å². The minimum absolute atomic E-state index is 0.0440. The van der Waals surface area contributed by atoms with E-state index in [1.165, 1.54) is 9.80 Å². The van der Waals surface area contributed by atoms with Gasteiger partial charge in [0.25, 0.3) is 0 Å². The van der Waals surface area contributed by atoms with Crippen LogP contribution in [0.2, 0.25) is 0 Å². The van der Waals surface area contributed by atoms with E-state index in [1.807, 2.05) is 13.8 Å². The number of amides is 12. The van der Waals surface area contributed by atoms with Gasteiger partial charge in [-0.05, 0) is 37.5 Å². The van der Waals surface area contributed by atoms with Crippen LogP contribution in [-0.2, 0) is 62.3 Å². The highest BCUT2D eigenvalue weighted by molar-refractivity contribution is 5.99. The summed E-state index contributed by atoms with van der Waals surface area (Å²) in [6.45, 7) is 0.332. The first-order chi connectivity index (χ1) is 30.5. The van der Waals surface area contributed by atoms with Crippen LogP contribution in [0.25, 0.3) is 0 Å². The van der Waals surface area contributed by atoms with Crippen molar-refractivity contribution < 1.29 is 62.3 Å². The third-order valence-corrected chi connectivity index (χ3v) is 11.5. The molecule has 3 aliphatic heterocycles. The normalized spacial score (nSPS) is 27.2. The lowest BCUT2D eigenvalue weighted by atomic mass is 9.76. The van der Waals surface area contributed by atoms with Gasteiger partial charge in [-0.25, -0.2) is 0 Å². The Morgan fingerprint density at radius 3 is 1.62 bits per heavy atom. The SMILES string of the molecule is CC[C@H](C)C1CCCC12NC(=O)C1CCCN1C(=O)CNC(=O)CNC(=O)CNC(=O)CNC(=O)CNC(=O)CNC(=O)CNC(=O)CC(C(=O)N1CCOCC1)NC(=O)CNC2=O. The smallest absolute Gasteiger partial charge is 0.246 e. The van der Waals surface area contributed by atoms with Crippen LogP contribution in [0.4, 0.5) is 0 Å². The molecule has 1 aliphatic carbocycles. The van der Waals surface area contributed by atoms with Crippen molar-refractivity contribution in [3.05, 3.63) is 0 Å². The first kappa shape index (κ1) is 50.2. The Morgan fingerprint density at radius 1 is 0.625 bits per heavy atom. The van der Waals surface area contributed by atoms with Crippen molar-refractivity contribution in [2.45, 2.75) is 76.4 Å². The Balaban J connectivity index is 1.51. The molecule has 4 unspecified atom stereocenters. The summed E-state index contributed by atoms with van der Waals surface area (Å²) >= 11 is 0. The number of carbonyl (C=O) groups is 12. The number of nitrogens with zero attached hydrogens (tertiary/aromatic N) is 2. The molecule has 0 aromatic carbocycles. The molecule has 1 saturated carbocycles. The summed E-state index contributed by atoms with van der Waals surface area (Å²) in [5.74, 6) is -9.06. The number of fused-ring (bicyclic) bond motifs is 1. The van der Waals surface area contributed by atoms with E-state index < -0.39 is 147 Å². The average molecular weight is 905 g/mol. The summed E-state index contributed by atoms with van der Waals surface area (Å²) in [5.41, 5.74) is -1.47. The highest BCUT2D eigenvalue weighted by Gasteiger charge is 2.53. The molecule has 0 aromatic rings. The van der Waals surface area contributed by atoms with Crippen LogP contribution in [0.3, 0.4) is 0 Å². The van der Waals surface area contributed by atoms with Gasteiger partial charge in [0, 0.05) is 19.6 Å². The van der Waals surface area contributed by atoms with Crippen molar-refractivity contribution in [1.29, 1.82) is 0 Å². The maximum Gasteiger partial charge on any atom is 0.246 e. The van der Waals surface area contributed by atoms with Gasteiger partial charge < -0.3 is 67.7 Å². The molecular weight excluding hydrogens is 844 g/mol. The Hall–Kier alpha value is -6.40. The van der Waals surface area contributed by atoms with Gasteiger partial charge in [0.15, 0.2) is 0 Å². The van der Waals surface area contributed by atoms with Gasteiger partial charge in [0.1, 0.15) is 17.6 Å². The predicted octanol–water partition coefficient (Wildman–Crippen LogP) is -6.64. The fourth-order valence-corrected chi connectivity index (χ4v) is 7.97. The summed E-state index contributed by atoms with van der Waals surface area (Å²) < 4.78 is 5.32.